The third kappa shape index (κ3) is 6.07. The van der Waals surface area contributed by atoms with Crippen molar-refractivity contribution in [2.24, 2.45) is 0 Å². The van der Waals surface area contributed by atoms with Gasteiger partial charge in [0, 0.05) is 32.9 Å². The van der Waals surface area contributed by atoms with E-state index in [4.69, 9.17) is 0 Å². The fourth-order valence-electron chi connectivity index (χ4n) is 8.65. The molecule has 0 aliphatic heterocycles. The Bertz CT molecular complexity index is 3170. The number of para-hydroxylation sites is 2. The second-order valence-electron chi connectivity index (χ2n) is 14.6. The van der Waals surface area contributed by atoms with Crippen molar-refractivity contribution in [3.63, 3.8) is 0 Å². The first-order valence-electron chi connectivity index (χ1n) is 20.3. The molecule has 0 aliphatic carbocycles. The third-order valence-corrected chi connectivity index (χ3v) is 11.3. The van der Waals surface area contributed by atoms with Crippen molar-refractivity contribution < 1.29 is 0 Å². The van der Waals surface area contributed by atoms with E-state index in [2.05, 4.69) is 228 Å². The molecule has 0 saturated heterocycles. The van der Waals surface area contributed by atoms with Crippen LogP contribution in [0.5, 0.6) is 0 Å². The molecule has 0 aliphatic rings. The van der Waals surface area contributed by atoms with Crippen molar-refractivity contribution in [1.29, 1.82) is 0 Å². The Labute approximate surface area is 339 Å². The number of hydrogen-bond acceptors (Lipinski definition) is 0. The summed E-state index contributed by atoms with van der Waals surface area (Å²) >= 11 is 0. The van der Waals surface area contributed by atoms with Crippen LogP contribution in [0.4, 0.5) is 0 Å². The lowest BCUT2D eigenvalue weighted by Crippen LogP contribution is -1.96. The molecule has 0 unspecified atom stereocenters. The van der Waals surface area contributed by atoms with Gasteiger partial charge in [-0.3, -0.25) is 0 Å². The van der Waals surface area contributed by atoms with Gasteiger partial charge in [-0.25, -0.2) is 0 Å². The van der Waals surface area contributed by atoms with Crippen LogP contribution in [0.3, 0.4) is 0 Å². The van der Waals surface area contributed by atoms with Crippen LogP contribution in [0.1, 0.15) is 13.8 Å². The molecule has 11 rings (SSSR count). The molecule has 2 nitrogen and oxygen atoms in total. The summed E-state index contributed by atoms with van der Waals surface area (Å²) in [6, 6.07) is 79.5. The van der Waals surface area contributed by atoms with Gasteiger partial charge in [0.1, 0.15) is 0 Å². The number of nitrogens with zero attached hydrogens (tertiary/aromatic N) is 2. The predicted octanol–water partition coefficient (Wildman–Crippen LogP) is 15.6. The Kier molecular flexibility index (Phi) is 9.01. The Morgan fingerprint density at radius 1 is 0.224 bits per heavy atom. The van der Waals surface area contributed by atoms with E-state index in [1.165, 1.54) is 88.1 Å². The van der Waals surface area contributed by atoms with Crippen molar-refractivity contribution >= 4 is 43.6 Å². The number of benzene rings is 9. The molecule has 0 amide bonds. The van der Waals surface area contributed by atoms with Crippen LogP contribution >= 0.6 is 0 Å². The van der Waals surface area contributed by atoms with E-state index in [-0.39, 0.29) is 0 Å². The first-order valence-corrected chi connectivity index (χ1v) is 20.3. The Hall–Kier alpha value is -7.42. The maximum atomic E-state index is 2.46. The zero-order valence-corrected chi connectivity index (χ0v) is 32.7. The molecule has 11 aromatic rings. The van der Waals surface area contributed by atoms with Crippen LogP contribution in [-0.2, 0) is 0 Å². The summed E-state index contributed by atoms with van der Waals surface area (Å²) in [5.74, 6) is 0. The second kappa shape index (κ2) is 14.9. The van der Waals surface area contributed by atoms with E-state index in [1.807, 2.05) is 13.8 Å². The van der Waals surface area contributed by atoms with Gasteiger partial charge in [0.25, 0.3) is 0 Å². The first kappa shape index (κ1) is 35.0. The van der Waals surface area contributed by atoms with Gasteiger partial charge in [0.15, 0.2) is 0 Å². The molecule has 276 valence electrons. The minimum Gasteiger partial charge on any atom is -0.309 e. The van der Waals surface area contributed by atoms with Crippen molar-refractivity contribution in [3.05, 3.63) is 218 Å². The lowest BCUT2D eigenvalue weighted by atomic mass is 9.98. The second-order valence-corrected chi connectivity index (χ2v) is 14.6. The molecule has 58 heavy (non-hydrogen) atoms. The summed E-state index contributed by atoms with van der Waals surface area (Å²) in [6.07, 6.45) is 0. The minimum absolute atomic E-state index is 1.14. The van der Waals surface area contributed by atoms with Gasteiger partial charge in [0.05, 0.1) is 22.1 Å². The molecule has 0 atom stereocenters. The zero-order chi connectivity index (χ0) is 39.0. The van der Waals surface area contributed by atoms with E-state index in [0.29, 0.717) is 0 Å². The molecule has 0 fully saturated rings. The van der Waals surface area contributed by atoms with E-state index in [0.717, 1.165) is 11.4 Å². The number of aromatic nitrogens is 2. The molecule has 0 radical (unpaired) electrons. The molecule has 0 spiro atoms. The summed E-state index contributed by atoms with van der Waals surface area (Å²) in [5.41, 5.74) is 16.6. The minimum atomic E-state index is 1.14. The standard InChI is InChI=1S/C54H36N2.C2H6/c1-4-15-37(16-5-1)40-21-14-22-45(32-40)55-51-25-12-10-23-47(51)49-29-27-41(35-53(49)55)42-28-30-50-48-24-11-13-26-52(48)56(54(50)36-42)46-33-43(38-17-6-2-7-18-38)31-44(34-46)39-19-8-3-9-20-39;1-2/h1-36H;1-2H3. The highest BCUT2D eigenvalue weighted by molar-refractivity contribution is 6.12. The monoisotopic (exact) mass is 742 g/mol. The first-order chi connectivity index (χ1) is 28.8. The summed E-state index contributed by atoms with van der Waals surface area (Å²) in [4.78, 5) is 0. The highest BCUT2D eigenvalue weighted by Gasteiger charge is 2.18. The largest absolute Gasteiger partial charge is 0.309 e. The van der Waals surface area contributed by atoms with Gasteiger partial charge in [-0.2, -0.15) is 0 Å². The lowest BCUT2D eigenvalue weighted by molar-refractivity contribution is 1.18. The fraction of sp³-hybridized carbons (Fsp3) is 0.0357. The highest BCUT2D eigenvalue weighted by Crippen LogP contribution is 2.40. The van der Waals surface area contributed by atoms with Crippen molar-refractivity contribution in [2.75, 3.05) is 0 Å². The third-order valence-electron chi connectivity index (χ3n) is 11.3. The predicted molar refractivity (Wildman–Crippen MR) is 248 cm³/mol. The molecular weight excluding hydrogens is 701 g/mol. The fourth-order valence-corrected chi connectivity index (χ4v) is 8.65. The number of rotatable bonds is 6. The van der Waals surface area contributed by atoms with Crippen LogP contribution in [0, 0.1) is 0 Å². The molecule has 2 heteroatoms. The van der Waals surface area contributed by atoms with E-state index < -0.39 is 0 Å². The van der Waals surface area contributed by atoms with Crippen LogP contribution in [0.15, 0.2) is 218 Å². The van der Waals surface area contributed by atoms with Gasteiger partial charge >= 0.3 is 0 Å². The maximum Gasteiger partial charge on any atom is 0.0547 e. The van der Waals surface area contributed by atoms with Gasteiger partial charge < -0.3 is 9.13 Å². The van der Waals surface area contributed by atoms with Gasteiger partial charge in [0.2, 0.25) is 0 Å². The Morgan fingerprint density at radius 3 is 1.09 bits per heavy atom. The average Bonchev–Trinajstić information content (AvgIpc) is 3.82. The van der Waals surface area contributed by atoms with Crippen LogP contribution < -0.4 is 0 Å². The Balaban J connectivity index is 0.00000201. The van der Waals surface area contributed by atoms with Crippen molar-refractivity contribution in [1.82, 2.24) is 9.13 Å². The molecule has 2 aromatic heterocycles. The van der Waals surface area contributed by atoms with Crippen molar-refractivity contribution in [3.8, 4) is 55.9 Å². The Morgan fingerprint density at radius 2 is 0.586 bits per heavy atom. The van der Waals surface area contributed by atoms with Gasteiger partial charge in [-0.05, 0) is 99.1 Å². The molecule has 0 bridgehead atoms. The SMILES string of the molecule is CC.c1ccc(-c2cccc(-n3c4ccccc4c4ccc(-c5ccc6c7ccccc7n(-c7cc(-c8ccccc8)cc(-c8ccccc8)c7)c6c5)cc43)c2)cc1. The average molecular weight is 743 g/mol. The van der Waals surface area contributed by atoms with E-state index in [1.54, 1.807) is 0 Å². The van der Waals surface area contributed by atoms with Gasteiger partial charge in [-0.1, -0.05) is 178 Å². The molecular formula is C56H42N2. The molecule has 0 N–H and O–H groups in total. The summed E-state index contributed by atoms with van der Waals surface area (Å²) in [7, 11) is 0. The summed E-state index contributed by atoms with van der Waals surface area (Å²) < 4.78 is 4.88. The quantitative estimate of drug-likeness (QED) is 0.161. The summed E-state index contributed by atoms with van der Waals surface area (Å²) in [6.45, 7) is 4.00. The highest BCUT2D eigenvalue weighted by atomic mass is 15.0. The summed E-state index contributed by atoms with van der Waals surface area (Å²) in [5, 5.41) is 4.98. The van der Waals surface area contributed by atoms with Crippen LogP contribution in [0.2, 0.25) is 0 Å². The topological polar surface area (TPSA) is 9.86 Å². The van der Waals surface area contributed by atoms with Gasteiger partial charge in [-0.15, -0.1) is 0 Å². The molecule has 0 saturated carbocycles. The smallest absolute Gasteiger partial charge is 0.0547 e. The molecule has 2 heterocycles. The van der Waals surface area contributed by atoms with E-state index >= 15 is 0 Å². The van der Waals surface area contributed by atoms with Crippen LogP contribution in [-0.4, -0.2) is 9.13 Å². The van der Waals surface area contributed by atoms with E-state index in [9.17, 15) is 0 Å². The zero-order valence-electron chi connectivity index (χ0n) is 32.7. The lowest BCUT2D eigenvalue weighted by Gasteiger charge is -2.14. The molecule has 9 aromatic carbocycles. The van der Waals surface area contributed by atoms with Crippen LogP contribution in [0.25, 0.3) is 99.5 Å². The maximum absolute atomic E-state index is 2.46. The number of fused-ring (bicyclic) bond motifs is 6. The number of hydrogen-bond donors (Lipinski definition) is 0. The van der Waals surface area contributed by atoms with Crippen molar-refractivity contribution in [2.45, 2.75) is 13.8 Å². The normalized spacial score (nSPS) is 11.3.